The molecule has 174 valence electrons. The van der Waals surface area contributed by atoms with Crippen LogP contribution in [-0.4, -0.2) is 24.4 Å². The van der Waals surface area contributed by atoms with Crippen molar-refractivity contribution in [2.75, 3.05) is 0 Å². The Morgan fingerprint density at radius 1 is 1.15 bits per heavy atom. The molecule has 0 spiro atoms. The van der Waals surface area contributed by atoms with Gasteiger partial charge in [-0.25, -0.2) is 14.2 Å². The molecule has 1 aromatic carbocycles. The van der Waals surface area contributed by atoms with Crippen LogP contribution in [0.4, 0.5) is 10.2 Å². The van der Waals surface area contributed by atoms with Gasteiger partial charge < -0.3 is 4.52 Å². The summed E-state index contributed by atoms with van der Waals surface area (Å²) in [5, 5.41) is 4.54. The molecule has 0 N–H and O–H groups in total. The third-order valence-electron chi connectivity index (χ3n) is 5.42. The molecule has 0 saturated carbocycles. The molecule has 1 aliphatic rings. The summed E-state index contributed by atoms with van der Waals surface area (Å²) in [6.07, 6.45) is 3.08. The Morgan fingerprint density at radius 3 is 2.70 bits per heavy atom. The van der Waals surface area contributed by atoms with Crippen LogP contribution < -0.4 is 11.2 Å². The monoisotopic (exact) mass is 493 g/mol. The molecular weight excluding hydrogens is 472 g/mol. The Kier molecular flexibility index (Phi) is 7.09. The minimum Gasteiger partial charge on any atom is -0.339 e. The number of halogens is 3. The molecule has 2 aromatic heterocycles. The summed E-state index contributed by atoms with van der Waals surface area (Å²) in [6.45, 7) is 2.71. The van der Waals surface area contributed by atoms with Gasteiger partial charge in [0.2, 0.25) is 5.89 Å². The van der Waals surface area contributed by atoms with E-state index in [-0.39, 0.29) is 24.2 Å². The number of aryl methyl sites for hydroxylation is 1. The van der Waals surface area contributed by atoms with E-state index >= 15 is 0 Å². The standard InChI is InChI=1S/C22H22Cl2FN5O3/c1-2-3-8-29-20-15(12-17(24)26-20)21(31)30(22(29)32)9-4-5-19-27-18(28-33-19)10-13-6-7-14(25)11-16(13)23/h6-7,11H,2-5,8-10,12H2,1H3. The summed E-state index contributed by atoms with van der Waals surface area (Å²) in [5.74, 6) is 0.764. The lowest BCUT2D eigenvalue weighted by Crippen LogP contribution is -2.41. The van der Waals surface area contributed by atoms with Gasteiger partial charge in [0.25, 0.3) is 5.56 Å². The lowest BCUT2D eigenvalue weighted by Gasteiger charge is -2.13. The molecule has 0 atom stereocenters. The fraction of sp³-hybridized carbons (Fsp3) is 0.409. The zero-order valence-electron chi connectivity index (χ0n) is 18.0. The van der Waals surface area contributed by atoms with Crippen molar-refractivity contribution >= 4 is 34.2 Å². The van der Waals surface area contributed by atoms with E-state index in [1.807, 2.05) is 6.92 Å². The quantitative estimate of drug-likeness (QED) is 0.448. The van der Waals surface area contributed by atoms with Gasteiger partial charge in [0.15, 0.2) is 5.82 Å². The Hall–Kier alpha value is -2.78. The second-order valence-electron chi connectivity index (χ2n) is 7.83. The van der Waals surface area contributed by atoms with E-state index in [0.29, 0.717) is 64.7 Å². The summed E-state index contributed by atoms with van der Waals surface area (Å²) in [6, 6.07) is 4.13. The Morgan fingerprint density at radius 2 is 1.94 bits per heavy atom. The molecule has 0 fully saturated rings. The van der Waals surface area contributed by atoms with E-state index in [0.717, 1.165) is 12.8 Å². The Balaban J connectivity index is 1.46. The highest BCUT2D eigenvalue weighted by Crippen LogP contribution is 2.24. The molecule has 1 aliphatic heterocycles. The first-order valence-electron chi connectivity index (χ1n) is 10.7. The minimum atomic E-state index is -0.415. The van der Waals surface area contributed by atoms with Crippen molar-refractivity contribution in [3.05, 3.63) is 72.7 Å². The molecule has 8 nitrogen and oxygen atoms in total. The Labute approximate surface area is 198 Å². The molecule has 11 heteroatoms. The molecule has 0 unspecified atom stereocenters. The van der Waals surface area contributed by atoms with Crippen molar-refractivity contribution in [2.24, 2.45) is 4.99 Å². The first-order chi connectivity index (χ1) is 15.9. The van der Waals surface area contributed by atoms with Gasteiger partial charge in [0.1, 0.15) is 16.8 Å². The number of aliphatic imine (C=N–C) groups is 1. The van der Waals surface area contributed by atoms with Crippen LogP contribution in [0.1, 0.15) is 49.0 Å². The van der Waals surface area contributed by atoms with Crippen LogP contribution in [0.25, 0.3) is 0 Å². The molecule has 0 bridgehead atoms. The maximum atomic E-state index is 13.2. The SMILES string of the molecule is CCCCn1c2c(c(=O)n(CCCc3nc(Cc4ccc(F)cc4Cl)no3)c1=O)CC(Cl)=N2. The zero-order chi connectivity index (χ0) is 23.5. The highest BCUT2D eigenvalue weighted by atomic mass is 35.5. The summed E-state index contributed by atoms with van der Waals surface area (Å²) >= 11 is 12.1. The van der Waals surface area contributed by atoms with Crippen molar-refractivity contribution in [3.63, 3.8) is 0 Å². The van der Waals surface area contributed by atoms with Crippen molar-refractivity contribution in [1.82, 2.24) is 19.3 Å². The fourth-order valence-electron chi connectivity index (χ4n) is 3.73. The zero-order valence-corrected chi connectivity index (χ0v) is 19.5. The molecule has 33 heavy (non-hydrogen) atoms. The average molecular weight is 494 g/mol. The first-order valence-corrected chi connectivity index (χ1v) is 11.5. The lowest BCUT2D eigenvalue weighted by atomic mass is 10.1. The van der Waals surface area contributed by atoms with Gasteiger partial charge >= 0.3 is 5.69 Å². The van der Waals surface area contributed by atoms with Crippen LogP contribution in [0.5, 0.6) is 0 Å². The van der Waals surface area contributed by atoms with Crippen LogP contribution >= 0.6 is 23.2 Å². The predicted octanol–water partition coefficient (Wildman–Crippen LogP) is 4.03. The second-order valence-corrected chi connectivity index (χ2v) is 8.68. The topological polar surface area (TPSA) is 95.3 Å². The maximum absolute atomic E-state index is 13.2. The van der Waals surface area contributed by atoms with Gasteiger partial charge in [0.05, 0.1) is 5.56 Å². The predicted molar refractivity (Wildman–Crippen MR) is 123 cm³/mol. The average Bonchev–Trinajstić information content (AvgIpc) is 3.39. The van der Waals surface area contributed by atoms with E-state index in [9.17, 15) is 14.0 Å². The number of fused-ring (bicyclic) bond motifs is 1. The van der Waals surface area contributed by atoms with Crippen molar-refractivity contribution in [3.8, 4) is 0 Å². The molecule has 3 heterocycles. The molecule has 4 rings (SSSR count). The van der Waals surface area contributed by atoms with Gasteiger partial charge in [-0.15, -0.1) is 0 Å². The van der Waals surface area contributed by atoms with Gasteiger partial charge in [-0.2, -0.15) is 4.98 Å². The number of aromatic nitrogens is 4. The number of hydrogen-bond donors (Lipinski definition) is 0. The molecular formula is C22H22Cl2FN5O3. The fourth-order valence-corrected chi connectivity index (χ4v) is 4.18. The highest BCUT2D eigenvalue weighted by Gasteiger charge is 2.24. The van der Waals surface area contributed by atoms with Crippen molar-refractivity contribution in [2.45, 2.75) is 58.5 Å². The highest BCUT2D eigenvalue weighted by molar-refractivity contribution is 6.66. The summed E-state index contributed by atoms with van der Waals surface area (Å²) < 4.78 is 21.3. The Bertz CT molecular complexity index is 1330. The number of unbranched alkanes of at least 4 members (excludes halogenated alkanes) is 1. The third kappa shape index (κ3) is 5.09. The van der Waals surface area contributed by atoms with Gasteiger partial charge in [-0.3, -0.25) is 13.9 Å². The third-order valence-corrected chi connectivity index (χ3v) is 5.99. The van der Waals surface area contributed by atoms with E-state index < -0.39 is 5.82 Å². The van der Waals surface area contributed by atoms with Crippen LogP contribution in [0.15, 0.2) is 37.3 Å². The van der Waals surface area contributed by atoms with Gasteiger partial charge in [-0.05, 0) is 30.5 Å². The van der Waals surface area contributed by atoms with Crippen molar-refractivity contribution in [1.29, 1.82) is 0 Å². The first kappa shape index (κ1) is 23.4. The van der Waals surface area contributed by atoms with Gasteiger partial charge in [0, 0.05) is 37.4 Å². The molecule has 0 aliphatic carbocycles. The number of hydrogen-bond acceptors (Lipinski definition) is 6. The number of benzene rings is 1. The molecule has 3 aromatic rings. The summed E-state index contributed by atoms with van der Waals surface area (Å²) in [4.78, 5) is 34.4. The lowest BCUT2D eigenvalue weighted by molar-refractivity contribution is 0.366. The number of rotatable bonds is 9. The molecule has 0 radical (unpaired) electrons. The van der Waals surface area contributed by atoms with Crippen LogP contribution in [-0.2, 0) is 32.4 Å². The maximum Gasteiger partial charge on any atom is 0.332 e. The van der Waals surface area contributed by atoms with E-state index in [1.54, 1.807) is 6.07 Å². The van der Waals surface area contributed by atoms with Crippen LogP contribution in [0.2, 0.25) is 5.02 Å². The largest absolute Gasteiger partial charge is 0.339 e. The normalized spacial score (nSPS) is 12.8. The smallest absolute Gasteiger partial charge is 0.332 e. The second kappa shape index (κ2) is 10.0. The molecule has 0 amide bonds. The minimum absolute atomic E-state index is 0.205. The summed E-state index contributed by atoms with van der Waals surface area (Å²) in [5.41, 5.74) is 0.384. The van der Waals surface area contributed by atoms with Crippen LogP contribution in [0, 0.1) is 5.82 Å². The van der Waals surface area contributed by atoms with E-state index in [4.69, 9.17) is 27.7 Å². The van der Waals surface area contributed by atoms with E-state index in [1.165, 1.54) is 21.3 Å². The number of nitrogens with zero attached hydrogens (tertiary/aromatic N) is 5. The molecule has 0 saturated heterocycles. The van der Waals surface area contributed by atoms with Crippen molar-refractivity contribution < 1.29 is 8.91 Å². The summed E-state index contributed by atoms with van der Waals surface area (Å²) in [7, 11) is 0. The van der Waals surface area contributed by atoms with E-state index in [2.05, 4.69) is 15.1 Å². The van der Waals surface area contributed by atoms with Gasteiger partial charge in [-0.1, -0.05) is 47.8 Å². The van der Waals surface area contributed by atoms with Crippen LogP contribution in [0.3, 0.4) is 0 Å².